The third kappa shape index (κ3) is 1.88. The zero-order chi connectivity index (χ0) is 14.4. The fourth-order valence-electron chi connectivity index (χ4n) is 2.73. The lowest BCUT2D eigenvalue weighted by molar-refractivity contribution is 0.669. The van der Waals surface area contributed by atoms with E-state index < -0.39 is 0 Å². The average Bonchev–Trinajstić information content (AvgIpc) is 2.88. The van der Waals surface area contributed by atoms with Crippen LogP contribution in [0.1, 0.15) is 0 Å². The molecular weight excluding hydrogens is 282 g/mol. The minimum absolute atomic E-state index is 0.572. The Balaban J connectivity index is 2.10. The highest BCUT2D eigenvalue weighted by Crippen LogP contribution is 2.37. The van der Waals surface area contributed by atoms with Crippen molar-refractivity contribution in [2.75, 3.05) is 5.73 Å². The summed E-state index contributed by atoms with van der Waals surface area (Å²) in [6.45, 7) is 0. The highest BCUT2D eigenvalue weighted by Gasteiger charge is 2.12. The van der Waals surface area contributed by atoms with Crippen LogP contribution in [0.15, 0.2) is 65.1 Å². The van der Waals surface area contributed by atoms with Gasteiger partial charge in [0.2, 0.25) is 0 Å². The van der Waals surface area contributed by atoms with Gasteiger partial charge in [-0.3, -0.25) is 0 Å². The number of fused-ring (bicyclic) bond motifs is 3. The molecule has 0 fully saturated rings. The number of anilines is 1. The SMILES string of the molecule is Nc1cc(-c2cccc3oc4ccccc4c23)ccc1Cl. The number of nitrogens with two attached hydrogens (primary N) is 1. The molecular formula is C18H12ClNO. The van der Waals surface area contributed by atoms with E-state index >= 15 is 0 Å². The number of hydrogen-bond donors (Lipinski definition) is 1. The van der Waals surface area contributed by atoms with Gasteiger partial charge in [-0.1, -0.05) is 48.0 Å². The summed E-state index contributed by atoms with van der Waals surface area (Å²) < 4.78 is 5.91. The molecule has 0 aliphatic rings. The van der Waals surface area contributed by atoms with Crippen LogP contribution in [0.2, 0.25) is 5.02 Å². The molecule has 0 saturated heterocycles. The highest BCUT2D eigenvalue weighted by molar-refractivity contribution is 6.33. The highest BCUT2D eigenvalue weighted by atomic mass is 35.5. The summed E-state index contributed by atoms with van der Waals surface area (Å²) >= 11 is 6.02. The first kappa shape index (κ1) is 12.3. The summed E-state index contributed by atoms with van der Waals surface area (Å²) in [5.41, 5.74) is 10.4. The molecule has 0 spiro atoms. The van der Waals surface area contributed by atoms with Gasteiger partial charge in [0.05, 0.1) is 10.7 Å². The predicted molar refractivity (Wildman–Crippen MR) is 88.6 cm³/mol. The van der Waals surface area contributed by atoms with Crippen molar-refractivity contribution in [1.29, 1.82) is 0 Å². The first-order chi connectivity index (χ1) is 10.2. The van der Waals surface area contributed by atoms with Crippen molar-refractivity contribution in [3.8, 4) is 11.1 Å². The van der Waals surface area contributed by atoms with Crippen LogP contribution in [0.4, 0.5) is 5.69 Å². The van der Waals surface area contributed by atoms with Gasteiger partial charge in [0.25, 0.3) is 0 Å². The zero-order valence-corrected chi connectivity index (χ0v) is 11.9. The Labute approximate surface area is 126 Å². The number of hydrogen-bond acceptors (Lipinski definition) is 2. The molecule has 0 radical (unpaired) electrons. The summed E-state index contributed by atoms with van der Waals surface area (Å²) in [6.07, 6.45) is 0. The van der Waals surface area contributed by atoms with Gasteiger partial charge in [-0.15, -0.1) is 0 Å². The molecule has 4 rings (SSSR count). The summed E-state index contributed by atoms with van der Waals surface area (Å²) in [6, 6.07) is 19.8. The van der Waals surface area contributed by atoms with E-state index in [1.165, 1.54) is 0 Å². The summed E-state index contributed by atoms with van der Waals surface area (Å²) in [7, 11) is 0. The van der Waals surface area contributed by atoms with Crippen molar-refractivity contribution < 1.29 is 4.42 Å². The maximum Gasteiger partial charge on any atom is 0.136 e. The van der Waals surface area contributed by atoms with Crippen LogP contribution in [0.25, 0.3) is 33.1 Å². The van der Waals surface area contributed by atoms with Gasteiger partial charge in [-0.05, 0) is 35.4 Å². The number of furan rings is 1. The fraction of sp³-hybridized carbons (Fsp3) is 0. The zero-order valence-electron chi connectivity index (χ0n) is 11.1. The molecule has 0 unspecified atom stereocenters. The maximum absolute atomic E-state index is 6.02. The third-order valence-corrected chi connectivity index (χ3v) is 4.05. The van der Waals surface area contributed by atoms with Gasteiger partial charge in [-0.25, -0.2) is 0 Å². The van der Waals surface area contributed by atoms with Gasteiger partial charge in [-0.2, -0.15) is 0 Å². The molecule has 0 bridgehead atoms. The molecule has 102 valence electrons. The van der Waals surface area contributed by atoms with Gasteiger partial charge in [0.1, 0.15) is 11.2 Å². The van der Waals surface area contributed by atoms with Gasteiger partial charge >= 0.3 is 0 Å². The topological polar surface area (TPSA) is 39.2 Å². The number of halogens is 1. The Morgan fingerprint density at radius 3 is 2.52 bits per heavy atom. The van der Waals surface area contributed by atoms with Gasteiger partial charge < -0.3 is 10.2 Å². The molecule has 3 aromatic carbocycles. The molecule has 1 aromatic heterocycles. The molecule has 21 heavy (non-hydrogen) atoms. The van der Waals surface area contributed by atoms with Crippen molar-refractivity contribution in [2.24, 2.45) is 0 Å². The molecule has 0 atom stereocenters. The number of para-hydroxylation sites is 1. The summed E-state index contributed by atoms with van der Waals surface area (Å²) in [5, 5.41) is 2.79. The monoisotopic (exact) mass is 293 g/mol. The standard InChI is InChI=1S/C18H12ClNO/c19-14-9-8-11(10-15(14)20)12-5-3-7-17-18(12)13-4-1-2-6-16(13)21-17/h1-10H,20H2. The number of benzene rings is 3. The van der Waals surface area contributed by atoms with Crippen LogP contribution in [0.5, 0.6) is 0 Å². The van der Waals surface area contributed by atoms with E-state index in [4.69, 9.17) is 21.8 Å². The van der Waals surface area contributed by atoms with Crippen LogP contribution < -0.4 is 5.73 Å². The van der Waals surface area contributed by atoms with Crippen LogP contribution >= 0.6 is 11.6 Å². The first-order valence-corrected chi connectivity index (χ1v) is 7.07. The second kappa shape index (κ2) is 4.54. The second-order valence-corrected chi connectivity index (χ2v) is 5.42. The molecule has 0 saturated carbocycles. The molecule has 2 nitrogen and oxygen atoms in total. The molecule has 0 aliphatic heterocycles. The summed E-state index contributed by atoms with van der Waals surface area (Å²) in [4.78, 5) is 0. The number of rotatable bonds is 1. The predicted octanol–water partition coefficient (Wildman–Crippen LogP) is 5.49. The van der Waals surface area contributed by atoms with Crippen molar-refractivity contribution in [2.45, 2.75) is 0 Å². The van der Waals surface area contributed by atoms with Crippen molar-refractivity contribution >= 4 is 39.2 Å². The first-order valence-electron chi connectivity index (χ1n) is 6.70. The van der Waals surface area contributed by atoms with E-state index in [1.54, 1.807) is 0 Å². The molecule has 0 aliphatic carbocycles. The molecule has 4 aromatic rings. The van der Waals surface area contributed by atoms with E-state index in [0.29, 0.717) is 10.7 Å². The Kier molecular flexibility index (Phi) is 2.66. The molecule has 3 heteroatoms. The lowest BCUT2D eigenvalue weighted by Gasteiger charge is -2.06. The van der Waals surface area contributed by atoms with E-state index in [-0.39, 0.29) is 0 Å². The van der Waals surface area contributed by atoms with E-state index in [2.05, 4.69) is 12.1 Å². The second-order valence-electron chi connectivity index (χ2n) is 5.01. The fourth-order valence-corrected chi connectivity index (χ4v) is 2.84. The largest absolute Gasteiger partial charge is 0.456 e. The van der Waals surface area contributed by atoms with Crippen molar-refractivity contribution in [3.63, 3.8) is 0 Å². The Bertz CT molecular complexity index is 971. The van der Waals surface area contributed by atoms with Gasteiger partial charge in [0, 0.05) is 10.8 Å². The van der Waals surface area contributed by atoms with Crippen LogP contribution in [-0.2, 0) is 0 Å². The minimum atomic E-state index is 0.572. The Hall–Kier alpha value is -2.45. The third-order valence-electron chi connectivity index (χ3n) is 3.71. The minimum Gasteiger partial charge on any atom is -0.456 e. The van der Waals surface area contributed by atoms with Crippen molar-refractivity contribution in [3.05, 3.63) is 65.7 Å². The Morgan fingerprint density at radius 1 is 0.857 bits per heavy atom. The van der Waals surface area contributed by atoms with Crippen molar-refractivity contribution in [1.82, 2.24) is 0 Å². The molecule has 2 N–H and O–H groups in total. The quantitative estimate of drug-likeness (QED) is 0.471. The lowest BCUT2D eigenvalue weighted by Crippen LogP contribution is -1.87. The normalized spacial score (nSPS) is 11.3. The van der Waals surface area contributed by atoms with E-state index in [9.17, 15) is 0 Å². The smallest absolute Gasteiger partial charge is 0.136 e. The maximum atomic E-state index is 6.02. The van der Waals surface area contributed by atoms with E-state index in [0.717, 1.165) is 33.1 Å². The molecule has 0 amide bonds. The Morgan fingerprint density at radius 2 is 1.67 bits per heavy atom. The van der Waals surface area contributed by atoms with Crippen LogP contribution in [-0.4, -0.2) is 0 Å². The molecule has 1 heterocycles. The summed E-state index contributed by atoms with van der Waals surface area (Å²) in [5.74, 6) is 0. The number of nitrogen functional groups attached to an aromatic ring is 1. The van der Waals surface area contributed by atoms with Crippen LogP contribution in [0.3, 0.4) is 0 Å². The van der Waals surface area contributed by atoms with Crippen LogP contribution in [0, 0.1) is 0 Å². The average molecular weight is 294 g/mol. The van der Waals surface area contributed by atoms with E-state index in [1.807, 2.05) is 48.5 Å². The lowest BCUT2D eigenvalue weighted by atomic mass is 9.99. The van der Waals surface area contributed by atoms with Gasteiger partial charge in [0.15, 0.2) is 0 Å².